The van der Waals surface area contributed by atoms with Gasteiger partial charge in [-0.1, -0.05) is 6.07 Å². The Hall–Kier alpha value is -1.90. The molecular weight excluding hydrogens is 198 g/mol. The molecule has 0 saturated heterocycles. The Labute approximate surface area is 95.6 Å². The highest BCUT2D eigenvalue weighted by Crippen LogP contribution is 2.24. The van der Waals surface area contributed by atoms with Crippen LogP contribution in [0.2, 0.25) is 0 Å². The van der Waals surface area contributed by atoms with E-state index in [1.807, 2.05) is 39.4 Å². The molecule has 16 heavy (non-hydrogen) atoms. The van der Waals surface area contributed by atoms with E-state index in [1.54, 1.807) is 0 Å². The summed E-state index contributed by atoms with van der Waals surface area (Å²) in [6, 6.07) is 6.18. The zero-order valence-electron chi connectivity index (χ0n) is 9.78. The first-order chi connectivity index (χ1) is 7.70. The highest BCUT2D eigenvalue weighted by Gasteiger charge is 2.04. The largest absolute Gasteiger partial charge is 0.387 e. The molecule has 3 nitrogen and oxygen atoms in total. The number of hydrogen-bond donors (Lipinski definition) is 1. The van der Waals surface area contributed by atoms with Crippen LogP contribution in [0, 0.1) is 13.8 Å². The van der Waals surface area contributed by atoms with Crippen LogP contribution in [0.1, 0.15) is 11.4 Å². The number of hydrogen-bond acceptors (Lipinski definition) is 3. The van der Waals surface area contributed by atoms with E-state index < -0.39 is 0 Å². The third-order valence-electron chi connectivity index (χ3n) is 2.60. The Bertz CT molecular complexity index is 489. The van der Waals surface area contributed by atoms with Crippen LogP contribution in [0.3, 0.4) is 0 Å². The number of nitrogens with zero attached hydrogens (tertiary/aromatic N) is 2. The number of anilines is 1. The van der Waals surface area contributed by atoms with Gasteiger partial charge in [-0.2, -0.15) is 0 Å². The summed E-state index contributed by atoms with van der Waals surface area (Å²) in [5.41, 5.74) is 5.29. The third kappa shape index (κ3) is 2.03. The van der Waals surface area contributed by atoms with E-state index in [9.17, 15) is 0 Å². The van der Waals surface area contributed by atoms with Crippen molar-refractivity contribution in [3.63, 3.8) is 0 Å². The quantitative estimate of drug-likeness (QED) is 0.833. The Balaban J connectivity index is 2.50. The van der Waals surface area contributed by atoms with Crippen molar-refractivity contribution in [2.75, 3.05) is 12.4 Å². The predicted octanol–water partition coefficient (Wildman–Crippen LogP) is 2.80. The molecule has 0 aliphatic heterocycles. The predicted molar refractivity (Wildman–Crippen MR) is 66.5 cm³/mol. The van der Waals surface area contributed by atoms with Crippen molar-refractivity contribution < 1.29 is 0 Å². The lowest BCUT2D eigenvalue weighted by Crippen LogP contribution is -1.94. The second-order valence-electron chi connectivity index (χ2n) is 3.80. The van der Waals surface area contributed by atoms with E-state index in [1.165, 1.54) is 0 Å². The molecule has 82 valence electrons. The SMILES string of the molecule is CNc1cnc(C)c(-c2ccc(C)nc2)c1. The van der Waals surface area contributed by atoms with Crippen molar-refractivity contribution >= 4 is 5.69 Å². The molecule has 2 heterocycles. The Morgan fingerprint density at radius 3 is 2.50 bits per heavy atom. The fourth-order valence-electron chi connectivity index (χ4n) is 1.59. The molecule has 0 aromatic carbocycles. The van der Waals surface area contributed by atoms with Crippen LogP contribution >= 0.6 is 0 Å². The second-order valence-corrected chi connectivity index (χ2v) is 3.80. The van der Waals surface area contributed by atoms with Gasteiger partial charge in [0.2, 0.25) is 0 Å². The normalized spacial score (nSPS) is 10.2. The maximum atomic E-state index is 4.36. The van der Waals surface area contributed by atoms with E-state index in [4.69, 9.17) is 0 Å². The lowest BCUT2D eigenvalue weighted by Gasteiger charge is -2.08. The maximum absolute atomic E-state index is 4.36. The van der Waals surface area contributed by atoms with E-state index in [0.29, 0.717) is 0 Å². The van der Waals surface area contributed by atoms with Crippen LogP contribution in [0.15, 0.2) is 30.6 Å². The van der Waals surface area contributed by atoms with Crippen LogP contribution < -0.4 is 5.32 Å². The summed E-state index contributed by atoms with van der Waals surface area (Å²) in [5, 5.41) is 3.09. The van der Waals surface area contributed by atoms with Gasteiger partial charge >= 0.3 is 0 Å². The average Bonchev–Trinajstić information content (AvgIpc) is 2.31. The number of aromatic nitrogens is 2. The number of rotatable bonds is 2. The van der Waals surface area contributed by atoms with Crippen LogP contribution in [0.5, 0.6) is 0 Å². The lowest BCUT2D eigenvalue weighted by molar-refractivity contribution is 1.17. The van der Waals surface area contributed by atoms with E-state index in [-0.39, 0.29) is 0 Å². The maximum Gasteiger partial charge on any atom is 0.0530 e. The number of aryl methyl sites for hydroxylation is 2. The summed E-state index contributed by atoms with van der Waals surface area (Å²) >= 11 is 0. The zero-order valence-corrected chi connectivity index (χ0v) is 9.78. The van der Waals surface area contributed by atoms with Gasteiger partial charge < -0.3 is 5.32 Å². The molecule has 2 aromatic rings. The lowest BCUT2D eigenvalue weighted by atomic mass is 10.1. The molecule has 0 fully saturated rings. The molecule has 0 spiro atoms. The van der Waals surface area contributed by atoms with E-state index in [2.05, 4.69) is 27.4 Å². The van der Waals surface area contributed by atoms with Gasteiger partial charge in [0.05, 0.1) is 11.9 Å². The van der Waals surface area contributed by atoms with Crippen molar-refractivity contribution in [3.8, 4) is 11.1 Å². The van der Waals surface area contributed by atoms with Crippen molar-refractivity contribution in [2.24, 2.45) is 0 Å². The highest BCUT2D eigenvalue weighted by molar-refractivity contribution is 5.68. The number of nitrogens with one attached hydrogen (secondary N) is 1. The molecule has 0 radical (unpaired) electrons. The van der Waals surface area contributed by atoms with Crippen molar-refractivity contribution in [3.05, 3.63) is 42.0 Å². The first kappa shape index (κ1) is 10.6. The van der Waals surface area contributed by atoms with Gasteiger partial charge in [-0.3, -0.25) is 9.97 Å². The van der Waals surface area contributed by atoms with Gasteiger partial charge in [0.1, 0.15) is 0 Å². The Morgan fingerprint density at radius 1 is 1.06 bits per heavy atom. The fraction of sp³-hybridized carbons (Fsp3) is 0.231. The minimum atomic E-state index is 1.01. The molecule has 1 N–H and O–H groups in total. The minimum Gasteiger partial charge on any atom is -0.387 e. The number of pyridine rings is 2. The van der Waals surface area contributed by atoms with Crippen molar-refractivity contribution in [1.82, 2.24) is 9.97 Å². The summed E-state index contributed by atoms with van der Waals surface area (Å²) in [5.74, 6) is 0. The van der Waals surface area contributed by atoms with Gasteiger partial charge in [0.15, 0.2) is 0 Å². The first-order valence-electron chi connectivity index (χ1n) is 5.28. The molecule has 0 bridgehead atoms. The van der Waals surface area contributed by atoms with Crippen LogP contribution in [0.4, 0.5) is 5.69 Å². The molecule has 0 aliphatic carbocycles. The van der Waals surface area contributed by atoms with Gasteiger partial charge in [0.25, 0.3) is 0 Å². The molecular formula is C13H15N3. The molecule has 0 aliphatic rings. The summed E-state index contributed by atoms with van der Waals surface area (Å²) in [4.78, 5) is 8.66. The van der Waals surface area contributed by atoms with Crippen LogP contribution in [-0.4, -0.2) is 17.0 Å². The standard InChI is InChI=1S/C13H15N3/c1-9-4-5-11(7-15-9)13-6-12(14-3)8-16-10(13)2/h4-8,14H,1-3H3. The molecule has 0 atom stereocenters. The topological polar surface area (TPSA) is 37.8 Å². The summed E-state index contributed by atoms with van der Waals surface area (Å²) < 4.78 is 0. The monoisotopic (exact) mass is 213 g/mol. The Kier molecular flexibility index (Phi) is 2.86. The molecule has 3 heteroatoms. The summed E-state index contributed by atoms with van der Waals surface area (Å²) in [6.07, 6.45) is 3.72. The van der Waals surface area contributed by atoms with Crippen LogP contribution in [-0.2, 0) is 0 Å². The molecule has 2 rings (SSSR count). The first-order valence-corrected chi connectivity index (χ1v) is 5.28. The van der Waals surface area contributed by atoms with Crippen molar-refractivity contribution in [1.29, 1.82) is 0 Å². The smallest absolute Gasteiger partial charge is 0.0530 e. The Morgan fingerprint density at radius 2 is 1.88 bits per heavy atom. The highest BCUT2D eigenvalue weighted by atomic mass is 14.8. The molecule has 0 saturated carbocycles. The zero-order chi connectivity index (χ0) is 11.5. The summed E-state index contributed by atoms with van der Waals surface area (Å²) in [7, 11) is 1.89. The van der Waals surface area contributed by atoms with Gasteiger partial charge in [-0.05, 0) is 26.0 Å². The van der Waals surface area contributed by atoms with Gasteiger partial charge in [-0.15, -0.1) is 0 Å². The average molecular weight is 213 g/mol. The summed E-state index contributed by atoms with van der Waals surface area (Å²) in [6.45, 7) is 3.99. The fourth-order valence-corrected chi connectivity index (χ4v) is 1.59. The molecule has 0 amide bonds. The molecule has 0 unspecified atom stereocenters. The van der Waals surface area contributed by atoms with Crippen molar-refractivity contribution in [2.45, 2.75) is 13.8 Å². The van der Waals surface area contributed by atoms with E-state index >= 15 is 0 Å². The second kappa shape index (κ2) is 4.31. The van der Waals surface area contributed by atoms with E-state index in [0.717, 1.165) is 28.2 Å². The third-order valence-corrected chi connectivity index (χ3v) is 2.60. The van der Waals surface area contributed by atoms with Crippen LogP contribution in [0.25, 0.3) is 11.1 Å². The molecule has 2 aromatic heterocycles. The minimum absolute atomic E-state index is 1.01. The van der Waals surface area contributed by atoms with Gasteiger partial charge in [-0.25, -0.2) is 0 Å². The van der Waals surface area contributed by atoms with Gasteiger partial charge in [0, 0.05) is 35.8 Å².